The predicted octanol–water partition coefficient (Wildman–Crippen LogP) is 1.60. The van der Waals surface area contributed by atoms with Crippen LogP contribution in [0.2, 0.25) is 0 Å². The lowest BCUT2D eigenvalue weighted by molar-refractivity contribution is -0.138. The Morgan fingerprint density at radius 2 is 1.59 bits per heavy atom. The minimum Gasteiger partial charge on any atom is -0.353 e. The number of rotatable bonds is 7. The Morgan fingerprint density at radius 3 is 2.10 bits per heavy atom. The lowest BCUT2D eigenvalue weighted by Gasteiger charge is -2.34. The minimum absolute atomic E-state index is 0.0500. The molecule has 1 aromatic rings. The number of carbonyl (C=O) groups excluding carboxylic acids is 2. The first kappa shape index (κ1) is 23.1. The summed E-state index contributed by atoms with van der Waals surface area (Å²) < 4.78 is 52.1. The Hall–Kier alpha value is -2.20. The summed E-state index contributed by atoms with van der Waals surface area (Å²) in [5.74, 6) is -1.44. The van der Waals surface area contributed by atoms with Gasteiger partial charge in [-0.2, -0.15) is 13.2 Å². The third-order valence-electron chi connectivity index (χ3n) is 4.50. The van der Waals surface area contributed by atoms with Gasteiger partial charge >= 0.3 is 6.18 Å². The average molecular weight is 418 g/mol. The van der Waals surface area contributed by atoms with Gasteiger partial charge in [0, 0.05) is 38.8 Å². The van der Waals surface area contributed by atoms with Crippen molar-refractivity contribution in [2.24, 2.45) is 0 Å². The van der Waals surface area contributed by atoms with Gasteiger partial charge in [0.1, 0.15) is 5.82 Å². The SMILES string of the molecule is CC(C)NC(=O)CN1CCN(CC(=O)NCc2ccc(F)cc2C(F)(F)F)CC1. The van der Waals surface area contributed by atoms with Crippen LogP contribution < -0.4 is 10.6 Å². The molecule has 0 spiro atoms. The van der Waals surface area contributed by atoms with Crippen LogP contribution in [-0.2, 0) is 22.3 Å². The van der Waals surface area contributed by atoms with Gasteiger partial charge in [-0.05, 0) is 31.5 Å². The second kappa shape index (κ2) is 10.0. The van der Waals surface area contributed by atoms with Crippen molar-refractivity contribution >= 4 is 11.8 Å². The molecule has 1 aliphatic heterocycles. The number of amides is 2. The molecule has 1 saturated heterocycles. The van der Waals surface area contributed by atoms with Gasteiger partial charge in [-0.1, -0.05) is 6.07 Å². The number of alkyl halides is 3. The van der Waals surface area contributed by atoms with E-state index >= 15 is 0 Å². The van der Waals surface area contributed by atoms with Crippen molar-refractivity contribution in [2.45, 2.75) is 32.6 Å². The largest absolute Gasteiger partial charge is 0.416 e. The van der Waals surface area contributed by atoms with E-state index in [9.17, 15) is 27.2 Å². The van der Waals surface area contributed by atoms with Crippen LogP contribution in [0, 0.1) is 5.82 Å². The molecule has 10 heteroatoms. The van der Waals surface area contributed by atoms with E-state index in [1.807, 2.05) is 23.6 Å². The van der Waals surface area contributed by atoms with Gasteiger partial charge in [-0.15, -0.1) is 0 Å². The van der Waals surface area contributed by atoms with Crippen molar-refractivity contribution < 1.29 is 27.2 Å². The van der Waals surface area contributed by atoms with Crippen molar-refractivity contribution in [3.63, 3.8) is 0 Å². The highest BCUT2D eigenvalue weighted by Crippen LogP contribution is 2.32. The zero-order valence-electron chi connectivity index (χ0n) is 16.5. The van der Waals surface area contributed by atoms with E-state index in [-0.39, 0.29) is 30.6 Å². The summed E-state index contributed by atoms with van der Waals surface area (Å²) in [6.07, 6.45) is -4.69. The van der Waals surface area contributed by atoms with E-state index in [2.05, 4.69) is 10.6 Å². The normalized spacial score (nSPS) is 16.1. The van der Waals surface area contributed by atoms with Gasteiger partial charge in [-0.3, -0.25) is 19.4 Å². The molecule has 0 unspecified atom stereocenters. The Bertz CT molecular complexity index is 717. The van der Waals surface area contributed by atoms with Crippen molar-refractivity contribution in [3.05, 3.63) is 35.1 Å². The summed E-state index contributed by atoms with van der Waals surface area (Å²) >= 11 is 0. The van der Waals surface area contributed by atoms with Crippen molar-refractivity contribution in [3.8, 4) is 0 Å². The predicted molar refractivity (Wildman–Crippen MR) is 99.4 cm³/mol. The molecule has 0 atom stereocenters. The highest BCUT2D eigenvalue weighted by Gasteiger charge is 2.33. The number of halogens is 4. The smallest absolute Gasteiger partial charge is 0.353 e. The molecule has 1 fully saturated rings. The molecule has 1 aromatic carbocycles. The van der Waals surface area contributed by atoms with E-state index in [4.69, 9.17) is 0 Å². The number of nitrogens with one attached hydrogen (secondary N) is 2. The molecule has 2 N–H and O–H groups in total. The van der Waals surface area contributed by atoms with Gasteiger partial charge in [0.15, 0.2) is 0 Å². The van der Waals surface area contributed by atoms with Gasteiger partial charge in [0.25, 0.3) is 0 Å². The van der Waals surface area contributed by atoms with E-state index in [0.717, 1.165) is 12.1 Å². The third kappa shape index (κ3) is 7.62. The maximum absolute atomic E-state index is 13.1. The monoisotopic (exact) mass is 418 g/mol. The quantitative estimate of drug-likeness (QED) is 0.661. The first-order valence-electron chi connectivity index (χ1n) is 9.41. The van der Waals surface area contributed by atoms with Crippen LogP contribution in [0.5, 0.6) is 0 Å². The van der Waals surface area contributed by atoms with Gasteiger partial charge in [0.05, 0.1) is 18.7 Å². The summed E-state index contributed by atoms with van der Waals surface area (Å²) in [7, 11) is 0. The molecule has 0 radical (unpaired) electrons. The van der Waals surface area contributed by atoms with Crippen LogP contribution in [-0.4, -0.2) is 66.9 Å². The van der Waals surface area contributed by atoms with Crippen LogP contribution in [0.1, 0.15) is 25.0 Å². The van der Waals surface area contributed by atoms with Crippen LogP contribution >= 0.6 is 0 Å². The van der Waals surface area contributed by atoms with E-state index in [1.165, 1.54) is 0 Å². The second-order valence-corrected chi connectivity index (χ2v) is 7.35. The molecule has 6 nitrogen and oxygen atoms in total. The topological polar surface area (TPSA) is 64.7 Å². The Balaban J connectivity index is 1.78. The first-order chi connectivity index (χ1) is 13.5. The molecule has 2 amide bonds. The lowest BCUT2D eigenvalue weighted by atomic mass is 10.1. The molecule has 0 bridgehead atoms. The first-order valence-corrected chi connectivity index (χ1v) is 9.41. The zero-order chi connectivity index (χ0) is 21.6. The van der Waals surface area contributed by atoms with E-state index in [1.54, 1.807) is 0 Å². The average Bonchev–Trinajstić information content (AvgIpc) is 2.61. The van der Waals surface area contributed by atoms with Crippen molar-refractivity contribution in [2.75, 3.05) is 39.3 Å². The second-order valence-electron chi connectivity index (χ2n) is 7.35. The van der Waals surface area contributed by atoms with Crippen molar-refractivity contribution in [1.29, 1.82) is 0 Å². The highest BCUT2D eigenvalue weighted by molar-refractivity contribution is 5.78. The maximum atomic E-state index is 13.1. The Kier molecular flexibility index (Phi) is 7.97. The zero-order valence-corrected chi connectivity index (χ0v) is 16.5. The molecule has 1 heterocycles. The Labute approximate surface area is 167 Å². The van der Waals surface area contributed by atoms with Crippen LogP contribution in [0.4, 0.5) is 17.6 Å². The van der Waals surface area contributed by atoms with Crippen LogP contribution in [0.3, 0.4) is 0 Å². The highest BCUT2D eigenvalue weighted by atomic mass is 19.4. The number of hydrogen-bond donors (Lipinski definition) is 2. The lowest BCUT2D eigenvalue weighted by Crippen LogP contribution is -2.51. The summed E-state index contributed by atoms with van der Waals surface area (Å²) in [5.41, 5.74) is -1.28. The summed E-state index contributed by atoms with van der Waals surface area (Å²) in [5, 5.41) is 5.28. The third-order valence-corrected chi connectivity index (χ3v) is 4.50. The minimum atomic E-state index is -4.69. The maximum Gasteiger partial charge on any atom is 0.416 e. The number of hydrogen-bond acceptors (Lipinski definition) is 4. The molecule has 1 aliphatic rings. The summed E-state index contributed by atoms with van der Waals surface area (Å²) in [6, 6.07) is 2.47. The number of piperazine rings is 1. The fraction of sp³-hybridized carbons (Fsp3) is 0.579. The van der Waals surface area contributed by atoms with Gasteiger partial charge < -0.3 is 10.6 Å². The number of carbonyl (C=O) groups is 2. The molecule has 0 aliphatic carbocycles. The van der Waals surface area contributed by atoms with E-state index in [0.29, 0.717) is 38.8 Å². The van der Waals surface area contributed by atoms with Crippen molar-refractivity contribution in [1.82, 2.24) is 20.4 Å². The number of benzene rings is 1. The fourth-order valence-corrected chi connectivity index (χ4v) is 3.10. The fourth-order valence-electron chi connectivity index (χ4n) is 3.10. The summed E-state index contributed by atoms with van der Waals surface area (Å²) in [4.78, 5) is 27.8. The van der Waals surface area contributed by atoms with Crippen LogP contribution in [0.15, 0.2) is 18.2 Å². The molecule has 0 saturated carbocycles. The number of nitrogens with zero attached hydrogens (tertiary/aromatic N) is 2. The molecule has 29 heavy (non-hydrogen) atoms. The summed E-state index contributed by atoms with van der Waals surface area (Å²) in [6.45, 7) is 6.18. The standard InChI is InChI=1S/C19H26F4N4O2/c1-13(2)25-18(29)12-27-7-5-26(6-8-27)11-17(28)24-10-14-3-4-15(20)9-16(14)19(21,22)23/h3-4,9,13H,5-8,10-12H2,1-2H3,(H,24,28)(H,25,29). The molecular weight excluding hydrogens is 392 g/mol. The molecule has 0 aromatic heterocycles. The van der Waals surface area contributed by atoms with Crippen LogP contribution in [0.25, 0.3) is 0 Å². The Morgan fingerprint density at radius 1 is 1.03 bits per heavy atom. The van der Waals surface area contributed by atoms with Gasteiger partial charge in [0.2, 0.25) is 11.8 Å². The van der Waals surface area contributed by atoms with E-state index < -0.39 is 23.5 Å². The molecule has 2 rings (SSSR count). The van der Waals surface area contributed by atoms with Gasteiger partial charge in [-0.25, -0.2) is 4.39 Å². The molecule has 162 valence electrons. The molecular formula is C19H26F4N4O2.